The number of ether oxygens (including phenoxy) is 1. The molecular formula is C13H15NO4. The van der Waals surface area contributed by atoms with E-state index in [1.165, 1.54) is 0 Å². The van der Waals surface area contributed by atoms with Gasteiger partial charge in [-0.25, -0.2) is 4.79 Å². The Morgan fingerprint density at radius 1 is 1.39 bits per heavy atom. The van der Waals surface area contributed by atoms with E-state index in [0.29, 0.717) is 19.4 Å². The minimum absolute atomic E-state index is 0.0556. The number of hydrogen-bond acceptors (Lipinski definition) is 3. The first-order valence-corrected chi connectivity index (χ1v) is 5.86. The van der Waals surface area contributed by atoms with Gasteiger partial charge in [0.25, 0.3) is 0 Å². The molecule has 0 fully saturated rings. The van der Waals surface area contributed by atoms with Gasteiger partial charge in [-0.05, 0) is 30.0 Å². The SMILES string of the molecule is O=C(O)COCCc1ccc2c(c1)CCC(=O)N2. The number of carboxylic acids is 1. The molecule has 0 unspecified atom stereocenters. The Kier molecular flexibility index (Phi) is 3.94. The zero-order chi connectivity index (χ0) is 13.0. The molecule has 2 N–H and O–H groups in total. The van der Waals surface area contributed by atoms with Crippen LogP contribution in [0, 0.1) is 0 Å². The molecule has 0 radical (unpaired) electrons. The number of nitrogens with one attached hydrogen (secondary N) is 1. The van der Waals surface area contributed by atoms with Crippen LogP contribution in [0.2, 0.25) is 0 Å². The average molecular weight is 249 g/mol. The Labute approximate surface area is 105 Å². The van der Waals surface area contributed by atoms with Crippen LogP contribution in [0.4, 0.5) is 5.69 Å². The van der Waals surface area contributed by atoms with Gasteiger partial charge < -0.3 is 15.2 Å². The molecule has 0 bridgehead atoms. The van der Waals surface area contributed by atoms with Gasteiger partial charge in [0.2, 0.25) is 5.91 Å². The number of carboxylic acid groups (broad SMARTS) is 1. The predicted molar refractivity (Wildman–Crippen MR) is 65.6 cm³/mol. The summed E-state index contributed by atoms with van der Waals surface area (Å²) >= 11 is 0. The minimum atomic E-state index is -0.955. The molecule has 1 heterocycles. The molecule has 96 valence electrons. The third-order valence-corrected chi connectivity index (χ3v) is 2.83. The van der Waals surface area contributed by atoms with Crippen LogP contribution in [0.3, 0.4) is 0 Å². The van der Waals surface area contributed by atoms with E-state index in [0.717, 1.165) is 23.2 Å². The Balaban J connectivity index is 1.91. The van der Waals surface area contributed by atoms with Crippen molar-refractivity contribution in [2.45, 2.75) is 19.3 Å². The van der Waals surface area contributed by atoms with E-state index in [-0.39, 0.29) is 12.5 Å². The molecule has 1 aliphatic rings. The molecule has 0 spiro atoms. The molecule has 0 atom stereocenters. The van der Waals surface area contributed by atoms with Gasteiger partial charge in [-0.3, -0.25) is 4.79 Å². The standard InChI is InChI=1S/C13H15NO4/c15-12-4-2-10-7-9(1-3-11(10)14-12)5-6-18-8-13(16)17/h1,3,7H,2,4-6,8H2,(H,14,15)(H,16,17). The minimum Gasteiger partial charge on any atom is -0.480 e. The van der Waals surface area contributed by atoms with Gasteiger partial charge in [0.05, 0.1) is 6.61 Å². The Bertz CT molecular complexity index is 470. The summed E-state index contributed by atoms with van der Waals surface area (Å²) in [6.45, 7) is 0.123. The lowest BCUT2D eigenvalue weighted by Crippen LogP contribution is -2.19. The van der Waals surface area contributed by atoms with Crippen LogP contribution in [-0.4, -0.2) is 30.2 Å². The quantitative estimate of drug-likeness (QED) is 0.769. The van der Waals surface area contributed by atoms with Gasteiger partial charge in [-0.2, -0.15) is 0 Å². The zero-order valence-electron chi connectivity index (χ0n) is 9.94. The van der Waals surface area contributed by atoms with Crippen LogP contribution in [0.1, 0.15) is 17.5 Å². The lowest BCUT2D eigenvalue weighted by Gasteiger charge is -2.17. The van der Waals surface area contributed by atoms with E-state index >= 15 is 0 Å². The van der Waals surface area contributed by atoms with Crippen molar-refractivity contribution in [3.05, 3.63) is 29.3 Å². The van der Waals surface area contributed by atoms with Crippen molar-refractivity contribution in [3.63, 3.8) is 0 Å². The lowest BCUT2D eigenvalue weighted by molar-refractivity contribution is -0.142. The number of amides is 1. The summed E-state index contributed by atoms with van der Waals surface area (Å²) < 4.78 is 4.99. The number of carbonyl (C=O) groups is 2. The van der Waals surface area contributed by atoms with Gasteiger partial charge in [0.1, 0.15) is 6.61 Å². The summed E-state index contributed by atoms with van der Waals surface area (Å²) in [5.41, 5.74) is 3.10. The number of hydrogen-bond donors (Lipinski definition) is 2. The van der Waals surface area contributed by atoms with E-state index in [1.54, 1.807) is 0 Å². The second-order valence-corrected chi connectivity index (χ2v) is 4.24. The maximum Gasteiger partial charge on any atom is 0.329 e. The van der Waals surface area contributed by atoms with Gasteiger partial charge in [-0.1, -0.05) is 12.1 Å². The Morgan fingerprint density at radius 2 is 2.22 bits per heavy atom. The maximum atomic E-state index is 11.2. The smallest absolute Gasteiger partial charge is 0.329 e. The summed E-state index contributed by atoms with van der Waals surface area (Å²) in [5.74, 6) is -0.900. The number of anilines is 1. The summed E-state index contributed by atoms with van der Waals surface area (Å²) in [6.07, 6.45) is 1.95. The van der Waals surface area contributed by atoms with Gasteiger partial charge >= 0.3 is 5.97 Å². The van der Waals surface area contributed by atoms with Crippen molar-refractivity contribution in [2.75, 3.05) is 18.5 Å². The molecule has 2 rings (SSSR count). The Morgan fingerprint density at radius 3 is 3.00 bits per heavy atom. The van der Waals surface area contributed by atoms with Crippen LogP contribution in [-0.2, 0) is 27.2 Å². The largest absolute Gasteiger partial charge is 0.480 e. The summed E-state index contributed by atoms with van der Waals surface area (Å²) in [5, 5.41) is 11.2. The molecule has 0 aromatic heterocycles. The molecule has 18 heavy (non-hydrogen) atoms. The fraction of sp³-hybridized carbons (Fsp3) is 0.385. The summed E-state index contributed by atoms with van der Waals surface area (Å²) in [4.78, 5) is 21.5. The van der Waals surface area contributed by atoms with Crippen molar-refractivity contribution in [3.8, 4) is 0 Å². The van der Waals surface area contributed by atoms with Crippen LogP contribution in [0.15, 0.2) is 18.2 Å². The third-order valence-electron chi connectivity index (χ3n) is 2.83. The fourth-order valence-corrected chi connectivity index (χ4v) is 1.94. The summed E-state index contributed by atoms with van der Waals surface area (Å²) in [6, 6.07) is 5.85. The second-order valence-electron chi connectivity index (χ2n) is 4.24. The average Bonchev–Trinajstić information content (AvgIpc) is 2.34. The first-order valence-electron chi connectivity index (χ1n) is 5.86. The highest BCUT2D eigenvalue weighted by Gasteiger charge is 2.14. The van der Waals surface area contributed by atoms with Crippen molar-refractivity contribution >= 4 is 17.6 Å². The van der Waals surface area contributed by atoms with E-state index in [9.17, 15) is 9.59 Å². The van der Waals surface area contributed by atoms with E-state index in [2.05, 4.69) is 5.32 Å². The molecule has 1 aromatic carbocycles. The van der Waals surface area contributed by atoms with Crippen LogP contribution in [0.5, 0.6) is 0 Å². The lowest BCUT2D eigenvalue weighted by atomic mass is 9.99. The molecule has 5 heteroatoms. The molecule has 1 aromatic rings. The van der Waals surface area contributed by atoms with Crippen molar-refractivity contribution < 1.29 is 19.4 Å². The second kappa shape index (κ2) is 5.64. The normalized spacial score (nSPS) is 13.9. The monoisotopic (exact) mass is 249 g/mol. The van der Waals surface area contributed by atoms with E-state index in [1.807, 2.05) is 18.2 Å². The zero-order valence-corrected chi connectivity index (χ0v) is 9.94. The molecule has 5 nitrogen and oxygen atoms in total. The fourth-order valence-electron chi connectivity index (χ4n) is 1.94. The highest BCUT2D eigenvalue weighted by Crippen LogP contribution is 2.23. The first-order chi connectivity index (χ1) is 8.65. The maximum absolute atomic E-state index is 11.2. The van der Waals surface area contributed by atoms with Crippen LogP contribution < -0.4 is 5.32 Å². The van der Waals surface area contributed by atoms with E-state index < -0.39 is 5.97 Å². The van der Waals surface area contributed by atoms with Crippen LogP contribution in [0.25, 0.3) is 0 Å². The molecular weight excluding hydrogens is 234 g/mol. The number of aliphatic carboxylic acids is 1. The highest BCUT2D eigenvalue weighted by molar-refractivity contribution is 5.93. The van der Waals surface area contributed by atoms with Gasteiger partial charge in [0.15, 0.2) is 0 Å². The number of benzene rings is 1. The van der Waals surface area contributed by atoms with Crippen LogP contribution >= 0.6 is 0 Å². The van der Waals surface area contributed by atoms with Gasteiger partial charge in [0, 0.05) is 12.1 Å². The van der Waals surface area contributed by atoms with Crippen molar-refractivity contribution in [2.24, 2.45) is 0 Å². The summed E-state index contributed by atoms with van der Waals surface area (Å²) in [7, 11) is 0. The molecule has 1 aliphatic heterocycles. The number of rotatable bonds is 5. The highest BCUT2D eigenvalue weighted by atomic mass is 16.5. The number of carbonyl (C=O) groups excluding carboxylic acids is 1. The third kappa shape index (κ3) is 3.30. The topological polar surface area (TPSA) is 75.6 Å². The molecule has 0 saturated heterocycles. The predicted octanol–water partition coefficient (Wildman–Crippen LogP) is 1.21. The number of fused-ring (bicyclic) bond motifs is 1. The molecule has 1 amide bonds. The van der Waals surface area contributed by atoms with Crippen molar-refractivity contribution in [1.29, 1.82) is 0 Å². The number of aryl methyl sites for hydroxylation is 1. The van der Waals surface area contributed by atoms with E-state index in [4.69, 9.17) is 9.84 Å². The molecule has 0 aliphatic carbocycles. The molecule has 0 saturated carbocycles. The van der Waals surface area contributed by atoms with Gasteiger partial charge in [-0.15, -0.1) is 0 Å². The first kappa shape index (κ1) is 12.6. The van der Waals surface area contributed by atoms with Crippen molar-refractivity contribution in [1.82, 2.24) is 0 Å². The Hall–Kier alpha value is -1.88.